The van der Waals surface area contributed by atoms with Crippen LogP contribution in [0, 0.1) is 5.41 Å². The van der Waals surface area contributed by atoms with Crippen LogP contribution >= 0.6 is 0 Å². The van der Waals surface area contributed by atoms with Crippen LogP contribution in [0.15, 0.2) is 54.6 Å². The second kappa shape index (κ2) is 8.25. The van der Waals surface area contributed by atoms with Gasteiger partial charge in [-0.15, -0.1) is 0 Å². The highest BCUT2D eigenvalue weighted by atomic mass is 16.2. The van der Waals surface area contributed by atoms with E-state index in [1.807, 2.05) is 37.3 Å². The summed E-state index contributed by atoms with van der Waals surface area (Å²) in [6.45, 7) is 4.38. The number of anilines is 2. The van der Waals surface area contributed by atoms with E-state index in [0.717, 1.165) is 5.56 Å². The predicted molar refractivity (Wildman–Crippen MR) is 109 cm³/mol. The summed E-state index contributed by atoms with van der Waals surface area (Å²) in [7, 11) is 0. The van der Waals surface area contributed by atoms with Gasteiger partial charge in [0.2, 0.25) is 17.7 Å². The summed E-state index contributed by atoms with van der Waals surface area (Å²) in [6, 6.07) is 16.7. The van der Waals surface area contributed by atoms with Crippen molar-refractivity contribution in [2.75, 3.05) is 17.2 Å². The Hall–Kier alpha value is -3.15. The highest BCUT2D eigenvalue weighted by Crippen LogP contribution is 2.48. The molecule has 2 aromatic carbocycles. The van der Waals surface area contributed by atoms with Crippen molar-refractivity contribution in [2.45, 2.75) is 33.2 Å². The van der Waals surface area contributed by atoms with E-state index in [2.05, 4.69) is 10.6 Å². The zero-order valence-electron chi connectivity index (χ0n) is 16.2. The lowest BCUT2D eigenvalue weighted by Gasteiger charge is -2.26. The third-order valence-corrected chi connectivity index (χ3v) is 4.92. The smallest absolute Gasteiger partial charge is 0.240 e. The fourth-order valence-electron chi connectivity index (χ4n) is 3.23. The van der Waals surface area contributed by atoms with Gasteiger partial charge in [-0.3, -0.25) is 14.4 Å². The van der Waals surface area contributed by atoms with Crippen molar-refractivity contribution >= 4 is 29.1 Å². The summed E-state index contributed by atoms with van der Waals surface area (Å²) in [5.41, 5.74) is 1.20. The number of nitrogens with one attached hydrogen (secondary N) is 2. The first kappa shape index (κ1) is 19.6. The van der Waals surface area contributed by atoms with Crippen molar-refractivity contribution in [3.8, 4) is 0 Å². The monoisotopic (exact) mass is 379 g/mol. The van der Waals surface area contributed by atoms with Gasteiger partial charge in [-0.2, -0.15) is 0 Å². The van der Waals surface area contributed by atoms with Crippen LogP contribution in [0.3, 0.4) is 0 Å². The van der Waals surface area contributed by atoms with Crippen molar-refractivity contribution in [1.82, 2.24) is 4.90 Å². The van der Waals surface area contributed by atoms with Crippen LogP contribution in [0.25, 0.3) is 0 Å². The SMILES string of the molecule is CCN(Cc1ccccc1)C(=O)C1(C(=O)Nc2cccc(NC(C)=O)c2)CC1. The van der Waals surface area contributed by atoms with Gasteiger partial charge < -0.3 is 15.5 Å². The number of hydrogen-bond acceptors (Lipinski definition) is 3. The van der Waals surface area contributed by atoms with Crippen LogP contribution in [0.1, 0.15) is 32.3 Å². The van der Waals surface area contributed by atoms with Crippen molar-refractivity contribution in [1.29, 1.82) is 0 Å². The van der Waals surface area contributed by atoms with Crippen LogP contribution in [0.2, 0.25) is 0 Å². The van der Waals surface area contributed by atoms with Gasteiger partial charge in [0.15, 0.2) is 0 Å². The maximum absolute atomic E-state index is 13.1. The van der Waals surface area contributed by atoms with Gasteiger partial charge in [0.05, 0.1) is 0 Å². The first-order chi connectivity index (χ1) is 13.4. The van der Waals surface area contributed by atoms with Crippen LogP contribution < -0.4 is 10.6 Å². The van der Waals surface area contributed by atoms with Crippen molar-refractivity contribution < 1.29 is 14.4 Å². The highest BCUT2D eigenvalue weighted by molar-refractivity contribution is 6.13. The lowest BCUT2D eigenvalue weighted by molar-refractivity contribution is -0.142. The van der Waals surface area contributed by atoms with E-state index < -0.39 is 5.41 Å². The number of carbonyl (C=O) groups is 3. The van der Waals surface area contributed by atoms with Crippen LogP contribution in [-0.4, -0.2) is 29.2 Å². The molecule has 0 atom stereocenters. The number of benzene rings is 2. The molecule has 0 spiro atoms. The summed E-state index contributed by atoms with van der Waals surface area (Å²) in [6.07, 6.45) is 1.10. The Balaban J connectivity index is 1.70. The van der Waals surface area contributed by atoms with Gasteiger partial charge >= 0.3 is 0 Å². The summed E-state index contributed by atoms with van der Waals surface area (Å²) in [4.78, 5) is 39.0. The number of amides is 3. The van der Waals surface area contributed by atoms with Crippen LogP contribution in [-0.2, 0) is 20.9 Å². The van der Waals surface area contributed by atoms with E-state index in [1.54, 1.807) is 29.2 Å². The molecule has 3 amide bonds. The largest absolute Gasteiger partial charge is 0.338 e. The molecule has 0 aliphatic heterocycles. The normalized spacial score (nSPS) is 14.1. The molecule has 6 nitrogen and oxygen atoms in total. The molecule has 28 heavy (non-hydrogen) atoms. The van der Waals surface area contributed by atoms with E-state index in [-0.39, 0.29) is 17.7 Å². The van der Waals surface area contributed by atoms with Crippen LogP contribution in [0.5, 0.6) is 0 Å². The van der Waals surface area contributed by atoms with Gasteiger partial charge in [0.1, 0.15) is 5.41 Å². The Morgan fingerprint density at radius 3 is 2.18 bits per heavy atom. The Kier molecular flexibility index (Phi) is 5.78. The Labute approximate surface area is 164 Å². The molecule has 6 heteroatoms. The fraction of sp³-hybridized carbons (Fsp3) is 0.318. The molecule has 0 aromatic heterocycles. The Morgan fingerprint density at radius 2 is 1.61 bits per heavy atom. The number of hydrogen-bond donors (Lipinski definition) is 2. The molecular weight excluding hydrogens is 354 g/mol. The van der Waals surface area contributed by atoms with Crippen molar-refractivity contribution in [2.24, 2.45) is 5.41 Å². The maximum atomic E-state index is 13.1. The average Bonchev–Trinajstić information content (AvgIpc) is 3.48. The molecule has 146 valence electrons. The quantitative estimate of drug-likeness (QED) is 0.724. The van der Waals surface area contributed by atoms with Gasteiger partial charge in [0, 0.05) is 31.4 Å². The zero-order valence-corrected chi connectivity index (χ0v) is 16.2. The summed E-state index contributed by atoms with van der Waals surface area (Å²) in [5.74, 6) is -0.602. The summed E-state index contributed by atoms with van der Waals surface area (Å²) in [5, 5.41) is 5.53. The first-order valence-corrected chi connectivity index (χ1v) is 9.47. The fourth-order valence-corrected chi connectivity index (χ4v) is 3.23. The molecule has 0 unspecified atom stereocenters. The molecule has 3 rings (SSSR count). The number of nitrogens with zero attached hydrogens (tertiary/aromatic N) is 1. The second-order valence-corrected chi connectivity index (χ2v) is 7.10. The van der Waals surface area contributed by atoms with Gasteiger partial charge in [-0.1, -0.05) is 36.4 Å². The Morgan fingerprint density at radius 1 is 0.964 bits per heavy atom. The molecule has 0 saturated heterocycles. The molecule has 2 N–H and O–H groups in total. The van der Waals surface area contributed by atoms with Crippen molar-refractivity contribution in [3.05, 3.63) is 60.2 Å². The van der Waals surface area contributed by atoms with Crippen molar-refractivity contribution in [3.63, 3.8) is 0 Å². The predicted octanol–water partition coefficient (Wildman–Crippen LogP) is 3.41. The molecule has 2 aromatic rings. The molecule has 1 saturated carbocycles. The Bertz CT molecular complexity index is 876. The van der Waals surface area contributed by atoms with Crippen LogP contribution in [0.4, 0.5) is 11.4 Å². The molecule has 1 aliphatic carbocycles. The van der Waals surface area contributed by atoms with Gasteiger partial charge in [-0.25, -0.2) is 0 Å². The maximum Gasteiger partial charge on any atom is 0.240 e. The lowest BCUT2D eigenvalue weighted by atomic mass is 10.0. The molecule has 1 aliphatic rings. The van der Waals surface area contributed by atoms with E-state index >= 15 is 0 Å². The minimum absolute atomic E-state index is 0.130. The number of rotatable bonds is 7. The molecule has 0 radical (unpaired) electrons. The third kappa shape index (κ3) is 4.39. The molecule has 0 heterocycles. The topological polar surface area (TPSA) is 78.5 Å². The summed E-state index contributed by atoms with van der Waals surface area (Å²) < 4.78 is 0. The van der Waals surface area contributed by atoms with Gasteiger partial charge in [-0.05, 0) is 43.5 Å². The average molecular weight is 379 g/mol. The van der Waals surface area contributed by atoms with Gasteiger partial charge in [0.25, 0.3) is 0 Å². The molecular formula is C22H25N3O3. The zero-order chi connectivity index (χ0) is 20.1. The summed E-state index contributed by atoms with van der Waals surface area (Å²) >= 11 is 0. The van der Waals surface area contributed by atoms with E-state index in [1.165, 1.54) is 6.92 Å². The lowest BCUT2D eigenvalue weighted by Crippen LogP contribution is -2.42. The van der Waals surface area contributed by atoms with E-state index in [4.69, 9.17) is 0 Å². The third-order valence-electron chi connectivity index (χ3n) is 4.92. The minimum atomic E-state index is -0.991. The first-order valence-electron chi connectivity index (χ1n) is 9.47. The minimum Gasteiger partial charge on any atom is -0.338 e. The molecule has 1 fully saturated rings. The van der Waals surface area contributed by atoms with E-state index in [0.29, 0.717) is 37.3 Å². The number of carbonyl (C=O) groups excluding carboxylic acids is 3. The molecule has 0 bridgehead atoms. The van der Waals surface area contributed by atoms with E-state index in [9.17, 15) is 14.4 Å². The second-order valence-electron chi connectivity index (χ2n) is 7.10. The highest BCUT2D eigenvalue weighted by Gasteiger charge is 2.57. The standard InChI is InChI=1S/C22H25N3O3/c1-3-25(15-17-8-5-4-6-9-17)21(28)22(12-13-22)20(27)24-19-11-7-10-18(14-19)23-16(2)26/h4-11,14H,3,12-13,15H2,1-2H3,(H,23,26)(H,24,27).